The van der Waals surface area contributed by atoms with Gasteiger partial charge in [0.1, 0.15) is 5.54 Å². The Kier molecular flexibility index (Phi) is 5.04. The van der Waals surface area contributed by atoms with Gasteiger partial charge in [-0.1, -0.05) is 25.1 Å². The van der Waals surface area contributed by atoms with Gasteiger partial charge < -0.3 is 9.88 Å². The van der Waals surface area contributed by atoms with Crippen LogP contribution in [-0.2, 0) is 29.7 Å². The average Bonchev–Trinajstić information content (AvgIpc) is 3.35. The van der Waals surface area contributed by atoms with E-state index in [1.54, 1.807) is 6.92 Å². The van der Waals surface area contributed by atoms with Crippen LogP contribution in [0.4, 0.5) is 4.79 Å². The molecular weight excluding hydrogens is 378 g/mol. The summed E-state index contributed by atoms with van der Waals surface area (Å²) >= 11 is 0. The summed E-state index contributed by atoms with van der Waals surface area (Å²) < 4.78 is 2.10. The summed E-state index contributed by atoms with van der Waals surface area (Å²) in [4.78, 5) is 40.0. The van der Waals surface area contributed by atoms with Gasteiger partial charge in [-0.15, -0.1) is 0 Å². The number of imide groups is 1. The number of carbonyl (C=O) groups excluding carboxylic acids is 3. The lowest BCUT2D eigenvalue weighted by Crippen LogP contribution is -2.41. The maximum Gasteiger partial charge on any atom is 0.325 e. The summed E-state index contributed by atoms with van der Waals surface area (Å²) in [5.74, 6) is -0.590. The quantitative estimate of drug-likeness (QED) is 0.587. The highest BCUT2D eigenvalue weighted by atomic mass is 16.2. The van der Waals surface area contributed by atoms with Crippen molar-refractivity contribution < 1.29 is 14.4 Å². The van der Waals surface area contributed by atoms with E-state index < -0.39 is 11.6 Å². The number of urea groups is 1. The van der Waals surface area contributed by atoms with Gasteiger partial charge in [-0.05, 0) is 69.2 Å². The minimum Gasteiger partial charge on any atom is -0.348 e. The van der Waals surface area contributed by atoms with Crippen molar-refractivity contribution in [2.75, 3.05) is 6.54 Å². The second-order valence-electron chi connectivity index (χ2n) is 8.64. The van der Waals surface area contributed by atoms with Gasteiger partial charge in [0.05, 0.1) is 6.54 Å². The summed E-state index contributed by atoms with van der Waals surface area (Å²) in [5, 5.41) is 2.83. The van der Waals surface area contributed by atoms with E-state index in [-0.39, 0.29) is 18.2 Å². The third-order valence-corrected chi connectivity index (χ3v) is 6.57. The van der Waals surface area contributed by atoms with Crippen LogP contribution in [0.3, 0.4) is 0 Å². The van der Waals surface area contributed by atoms with Crippen molar-refractivity contribution in [3.05, 3.63) is 57.9 Å². The molecule has 1 fully saturated rings. The average molecular weight is 408 g/mol. The van der Waals surface area contributed by atoms with Crippen LogP contribution in [0.1, 0.15) is 65.1 Å². The van der Waals surface area contributed by atoms with Crippen molar-refractivity contribution >= 4 is 17.7 Å². The fourth-order valence-corrected chi connectivity index (χ4v) is 4.80. The summed E-state index contributed by atoms with van der Waals surface area (Å²) in [7, 11) is 0. The molecule has 4 rings (SSSR count). The van der Waals surface area contributed by atoms with Crippen molar-refractivity contribution in [3.63, 3.8) is 0 Å². The number of carbonyl (C=O) groups is 3. The lowest BCUT2D eigenvalue weighted by molar-refractivity contribution is -0.130. The van der Waals surface area contributed by atoms with Gasteiger partial charge in [0, 0.05) is 23.5 Å². The molecule has 30 heavy (non-hydrogen) atoms. The van der Waals surface area contributed by atoms with Gasteiger partial charge >= 0.3 is 6.03 Å². The molecule has 1 aliphatic heterocycles. The maximum absolute atomic E-state index is 13.2. The highest BCUT2D eigenvalue weighted by Crippen LogP contribution is 2.32. The molecule has 1 aromatic heterocycles. The Morgan fingerprint density at radius 2 is 1.87 bits per heavy atom. The van der Waals surface area contributed by atoms with Crippen molar-refractivity contribution in [2.24, 2.45) is 0 Å². The summed E-state index contributed by atoms with van der Waals surface area (Å²) in [6, 6.07) is 7.35. The number of aromatic nitrogens is 1. The van der Waals surface area contributed by atoms with Crippen LogP contribution in [-0.4, -0.2) is 33.7 Å². The van der Waals surface area contributed by atoms with Crippen LogP contribution >= 0.6 is 0 Å². The molecule has 6 heteroatoms. The van der Waals surface area contributed by atoms with Crippen LogP contribution in [0.25, 0.3) is 0 Å². The molecule has 2 aromatic rings. The Morgan fingerprint density at radius 3 is 2.60 bits per heavy atom. The molecule has 2 heterocycles. The van der Waals surface area contributed by atoms with E-state index >= 15 is 0 Å². The number of nitrogens with one attached hydrogen (secondary N) is 1. The van der Waals surface area contributed by atoms with Crippen LogP contribution in [0.2, 0.25) is 0 Å². The third kappa shape index (κ3) is 3.15. The Balaban J connectivity index is 1.58. The Bertz CT molecular complexity index is 1050. The number of aryl methyl sites for hydroxylation is 3. The Morgan fingerprint density at radius 1 is 1.13 bits per heavy atom. The van der Waals surface area contributed by atoms with Gasteiger partial charge in [-0.25, -0.2) is 4.79 Å². The predicted molar refractivity (Wildman–Crippen MR) is 115 cm³/mol. The normalized spacial score (nSPS) is 20.6. The molecule has 3 amide bonds. The lowest BCUT2D eigenvalue weighted by atomic mass is 9.89. The number of Topliss-reactive ketones (excluding diaryl/α,β-unsaturated/α-hetero) is 1. The molecule has 0 bridgehead atoms. The zero-order valence-corrected chi connectivity index (χ0v) is 18.2. The minimum absolute atomic E-state index is 0.216. The van der Waals surface area contributed by atoms with Crippen molar-refractivity contribution in [2.45, 2.75) is 65.5 Å². The number of nitrogens with zero attached hydrogens (tertiary/aromatic N) is 2. The number of amides is 3. The number of fused-ring (bicyclic) bond motifs is 1. The molecule has 0 spiro atoms. The van der Waals surface area contributed by atoms with Crippen LogP contribution in [0, 0.1) is 13.8 Å². The number of hydrogen-bond acceptors (Lipinski definition) is 3. The first kappa shape index (κ1) is 20.4. The number of benzene rings is 1. The maximum atomic E-state index is 13.2. The SMILES string of the molecule is CCCn1c(C)cc(C(=O)CN2C(=O)N[C@](C)(c3ccc4c(c3)CCC4)C2=O)c1C. The Hall–Kier alpha value is -2.89. The van der Waals surface area contributed by atoms with E-state index in [0.717, 1.165) is 54.1 Å². The van der Waals surface area contributed by atoms with Crippen molar-refractivity contribution in [1.29, 1.82) is 0 Å². The first-order chi connectivity index (χ1) is 14.3. The third-order valence-electron chi connectivity index (χ3n) is 6.57. The second kappa shape index (κ2) is 7.42. The Labute approximate surface area is 177 Å². The van der Waals surface area contributed by atoms with Gasteiger partial charge in [0.2, 0.25) is 0 Å². The monoisotopic (exact) mass is 407 g/mol. The number of hydrogen-bond donors (Lipinski definition) is 1. The smallest absolute Gasteiger partial charge is 0.325 e. The molecule has 0 unspecified atom stereocenters. The largest absolute Gasteiger partial charge is 0.348 e. The second-order valence-corrected chi connectivity index (χ2v) is 8.64. The van der Waals surface area contributed by atoms with Crippen LogP contribution in [0.5, 0.6) is 0 Å². The molecule has 1 atom stereocenters. The number of ketones is 1. The van der Waals surface area contributed by atoms with E-state index in [4.69, 9.17) is 0 Å². The fourth-order valence-electron chi connectivity index (χ4n) is 4.80. The predicted octanol–water partition coefficient (Wildman–Crippen LogP) is 3.65. The molecule has 1 aromatic carbocycles. The molecule has 0 saturated carbocycles. The standard InChI is InChI=1S/C24H29N3O3/c1-5-11-26-15(2)12-20(16(26)3)21(28)14-27-22(29)24(4,25-23(27)30)19-10-9-17-7-6-8-18(17)13-19/h9-10,12-13H,5-8,11,14H2,1-4H3,(H,25,30)/t24-/m1/s1. The van der Waals surface area contributed by atoms with Crippen LogP contribution in [0.15, 0.2) is 24.3 Å². The molecule has 2 aliphatic rings. The van der Waals surface area contributed by atoms with Crippen LogP contribution < -0.4 is 5.32 Å². The minimum atomic E-state index is -1.14. The summed E-state index contributed by atoms with van der Waals surface area (Å²) in [5.41, 5.74) is 4.66. The molecule has 1 saturated heterocycles. The molecule has 1 N–H and O–H groups in total. The molecule has 1 aliphatic carbocycles. The van der Waals surface area contributed by atoms with E-state index in [1.165, 1.54) is 11.1 Å². The fraction of sp³-hybridized carbons (Fsp3) is 0.458. The lowest BCUT2D eigenvalue weighted by Gasteiger charge is -2.23. The summed E-state index contributed by atoms with van der Waals surface area (Å²) in [6.45, 7) is 8.29. The molecular formula is C24H29N3O3. The molecule has 0 radical (unpaired) electrons. The summed E-state index contributed by atoms with van der Waals surface area (Å²) in [6.07, 6.45) is 4.14. The van der Waals surface area contributed by atoms with Gasteiger partial charge in [-0.3, -0.25) is 14.5 Å². The molecule has 158 valence electrons. The van der Waals surface area contributed by atoms with Gasteiger partial charge in [0.15, 0.2) is 5.78 Å². The first-order valence-corrected chi connectivity index (χ1v) is 10.7. The van der Waals surface area contributed by atoms with Crippen molar-refractivity contribution in [1.82, 2.24) is 14.8 Å². The topological polar surface area (TPSA) is 71.4 Å². The zero-order chi connectivity index (χ0) is 21.6. The van der Waals surface area contributed by atoms with E-state index in [0.29, 0.717) is 5.56 Å². The first-order valence-electron chi connectivity index (χ1n) is 10.7. The number of rotatable bonds is 6. The van der Waals surface area contributed by atoms with Gasteiger partial charge in [-0.2, -0.15) is 0 Å². The highest BCUT2D eigenvalue weighted by Gasteiger charge is 2.49. The van der Waals surface area contributed by atoms with E-state index in [9.17, 15) is 14.4 Å². The zero-order valence-electron chi connectivity index (χ0n) is 18.2. The van der Waals surface area contributed by atoms with Gasteiger partial charge in [0.25, 0.3) is 5.91 Å². The van der Waals surface area contributed by atoms with Crippen molar-refractivity contribution in [3.8, 4) is 0 Å². The van der Waals surface area contributed by atoms with E-state index in [2.05, 4.69) is 22.9 Å². The highest BCUT2D eigenvalue weighted by molar-refractivity contribution is 6.11. The molecule has 6 nitrogen and oxygen atoms in total. The van der Waals surface area contributed by atoms with E-state index in [1.807, 2.05) is 32.0 Å².